The third-order valence-corrected chi connectivity index (χ3v) is 3.17. The Hall–Kier alpha value is -0.550. The summed E-state index contributed by atoms with van der Waals surface area (Å²) in [6.07, 6.45) is -0.0236. The van der Waals surface area contributed by atoms with Gasteiger partial charge in [-0.15, -0.1) is 0 Å². The minimum absolute atomic E-state index is 0.0236. The van der Waals surface area contributed by atoms with Crippen molar-refractivity contribution in [2.24, 2.45) is 0 Å². The van der Waals surface area contributed by atoms with Gasteiger partial charge in [0.1, 0.15) is 5.75 Å². The fourth-order valence-corrected chi connectivity index (χ4v) is 2.47. The van der Waals surface area contributed by atoms with Crippen molar-refractivity contribution in [1.82, 2.24) is 0 Å². The zero-order chi connectivity index (χ0) is 10.7. The molecule has 1 N–H and O–H groups in total. The minimum atomic E-state index is -0.866. The molecule has 3 nitrogen and oxygen atoms in total. The van der Waals surface area contributed by atoms with Crippen LogP contribution in [0.1, 0.15) is 5.56 Å². The number of methoxy groups -OCH3 is 1. The average Bonchev–Trinajstić information content (AvgIpc) is 2.10. The lowest BCUT2D eigenvalue weighted by atomic mass is 10.1. The van der Waals surface area contributed by atoms with Crippen LogP contribution in [0.5, 0.6) is 5.75 Å². The van der Waals surface area contributed by atoms with Gasteiger partial charge in [-0.2, -0.15) is 0 Å². The van der Waals surface area contributed by atoms with Crippen LogP contribution in [0, 0.1) is 0 Å². The lowest BCUT2D eigenvalue weighted by Gasteiger charge is -2.09. The van der Waals surface area contributed by atoms with E-state index >= 15 is 0 Å². The van der Waals surface area contributed by atoms with E-state index in [0.29, 0.717) is 15.8 Å². The molecule has 0 amide bonds. The number of carboxylic acids is 1. The van der Waals surface area contributed by atoms with Crippen molar-refractivity contribution in [2.45, 2.75) is 6.42 Å². The van der Waals surface area contributed by atoms with Crippen LogP contribution in [0.3, 0.4) is 0 Å². The highest BCUT2D eigenvalue weighted by molar-refractivity contribution is 9.11. The Balaban J connectivity index is 3.14. The molecular weight excluding hydrogens is 316 g/mol. The first-order chi connectivity index (χ1) is 6.56. The standard InChI is InChI=1S/C9H8Br2O3/c1-14-9-6(10)3-2-5(8(9)11)4-7(12)13/h2-3H,4H2,1H3,(H,12,13). The van der Waals surface area contributed by atoms with E-state index in [1.165, 1.54) is 7.11 Å². The van der Waals surface area contributed by atoms with Crippen LogP contribution in [0.25, 0.3) is 0 Å². The molecule has 1 rings (SSSR count). The minimum Gasteiger partial charge on any atom is -0.494 e. The van der Waals surface area contributed by atoms with Crippen LogP contribution in [-0.2, 0) is 11.2 Å². The van der Waals surface area contributed by atoms with Crippen LogP contribution in [0.2, 0.25) is 0 Å². The average molecular weight is 324 g/mol. The molecule has 0 aliphatic carbocycles. The van der Waals surface area contributed by atoms with Gasteiger partial charge in [-0.3, -0.25) is 4.79 Å². The van der Waals surface area contributed by atoms with Crippen molar-refractivity contribution in [1.29, 1.82) is 0 Å². The normalized spacial score (nSPS) is 9.93. The highest BCUT2D eigenvalue weighted by atomic mass is 79.9. The van der Waals surface area contributed by atoms with Gasteiger partial charge in [-0.25, -0.2) is 0 Å². The van der Waals surface area contributed by atoms with Crippen molar-refractivity contribution >= 4 is 37.8 Å². The van der Waals surface area contributed by atoms with Crippen LogP contribution in [0.4, 0.5) is 0 Å². The van der Waals surface area contributed by atoms with Gasteiger partial charge in [0.15, 0.2) is 0 Å². The Labute approximate surface area is 98.3 Å². The quantitative estimate of drug-likeness (QED) is 0.930. The third-order valence-electron chi connectivity index (χ3n) is 1.67. The first-order valence-corrected chi connectivity index (χ1v) is 5.37. The smallest absolute Gasteiger partial charge is 0.307 e. The zero-order valence-electron chi connectivity index (χ0n) is 7.38. The van der Waals surface area contributed by atoms with Crippen molar-refractivity contribution in [2.75, 3.05) is 7.11 Å². The van der Waals surface area contributed by atoms with Crippen molar-refractivity contribution in [3.05, 3.63) is 26.6 Å². The molecule has 0 radical (unpaired) electrons. The monoisotopic (exact) mass is 322 g/mol. The molecule has 0 spiro atoms. The number of aliphatic carboxylic acids is 1. The SMILES string of the molecule is COc1c(Br)ccc(CC(=O)O)c1Br. The predicted molar refractivity (Wildman–Crippen MR) is 59.7 cm³/mol. The summed E-state index contributed by atoms with van der Waals surface area (Å²) in [7, 11) is 1.54. The summed E-state index contributed by atoms with van der Waals surface area (Å²) >= 11 is 6.61. The summed E-state index contributed by atoms with van der Waals surface area (Å²) in [6.45, 7) is 0. The highest BCUT2D eigenvalue weighted by Crippen LogP contribution is 2.35. The van der Waals surface area contributed by atoms with Crippen molar-refractivity contribution in [3.8, 4) is 5.75 Å². The van der Waals surface area contributed by atoms with Gasteiger partial charge < -0.3 is 9.84 Å². The Kier molecular flexibility index (Phi) is 3.95. The summed E-state index contributed by atoms with van der Waals surface area (Å²) < 4.78 is 6.58. The van der Waals surface area contributed by atoms with E-state index in [-0.39, 0.29) is 6.42 Å². The summed E-state index contributed by atoms with van der Waals surface area (Å²) in [6, 6.07) is 3.51. The second kappa shape index (κ2) is 4.79. The summed E-state index contributed by atoms with van der Waals surface area (Å²) in [5, 5.41) is 8.65. The van der Waals surface area contributed by atoms with Gasteiger partial charge >= 0.3 is 5.97 Å². The van der Waals surface area contributed by atoms with E-state index in [2.05, 4.69) is 31.9 Å². The number of ether oxygens (including phenoxy) is 1. The molecule has 0 aromatic heterocycles. The largest absolute Gasteiger partial charge is 0.494 e. The van der Waals surface area contributed by atoms with E-state index in [4.69, 9.17) is 9.84 Å². The maximum Gasteiger partial charge on any atom is 0.307 e. The van der Waals surface area contributed by atoms with Gasteiger partial charge in [0.2, 0.25) is 0 Å². The van der Waals surface area contributed by atoms with E-state index in [0.717, 1.165) is 4.47 Å². The molecule has 0 saturated heterocycles. The number of carbonyl (C=O) groups is 1. The molecule has 0 heterocycles. The van der Waals surface area contributed by atoms with E-state index in [1.54, 1.807) is 12.1 Å². The van der Waals surface area contributed by atoms with E-state index in [9.17, 15) is 4.79 Å². The molecular formula is C9H8Br2O3. The number of hydrogen-bond acceptors (Lipinski definition) is 2. The Morgan fingerprint density at radius 3 is 2.64 bits per heavy atom. The number of benzene rings is 1. The summed E-state index contributed by atoms with van der Waals surface area (Å²) in [4.78, 5) is 10.5. The Bertz CT molecular complexity index is 363. The fraction of sp³-hybridized carbons (Fsp3) is 0.222. The first kappa shape index (κ1) is 11.5. The Morgan fingerprint density at radius 2 is 2.14 bits per heavy atom. The number of halogens is 2. The lowest BCUT2D eigenvalue weighted by molar-refractivity contribution is -0.136. The van der Waals surface area contributed by atoms with Gasteiger partial charge in [-0.1, -0.05) is 6.07 Å². The molecule has 0 bridgehead atoms. The van der Waals surface area contributed by atoms with Crippen LogP contribution < -0.4 is 4.74 Å². The molecule has 14 heavy (non-hydrogen) atoms. The molecule has 0 aliphatic rings. The molecule has 1 aromatic carbocycles. The molecule has 0 atom stereocenters. The highest BCUT2D eigenvalue weighted by Gasteiger charge is 2.12. The maximum absolute atomic E-state index is 10.5. The fourth-order valence-electron chi connectivity index (χ4n) is 1.06. The molecule has 76 valence electrons. The first-order valence-electron chi connectivity index (χ1n) is 3.79. The zero-order valence-corrected chi connectivity index (χ0v) is 10.6. The van der Waals surface area contributed by atoms with Crippen LogP contribution in [0.15, 0.2) is 21.1 Å². The summed E-state index contributed by atoms with van der Waals surface area (Å²) in [5.74, 6) is -0.251. The van der Waals surface area contributed by atoms with Crippen LogP contribution in [-0.4, -0.2) is 18.2 Å². The van der Waals surface area contributed by atoms with E-state index in [1.807, 2.05) is 0 Å². The number of carboxylic acid groups (broad SMARTS) is 1. The topological polar surface area (TPSA) is 46.5 Å². The van der Waals surface area contributed by atoms with Gasteiger partial charge in [0.25, 0.3) is 0 Å². The molecule has 1 aromatic rings. The van der Waals surface area contributed by atoms with Gasteiger partial charge in [-0.05, 0) is 43.5 Å². The van der Waals surface area contributed by atoms with Crippen LogP contribution >= 0.6 is 31.9 Å². The lowest BCUT2D eigenvalue weighted by Crippen LogP contribution is -2.01. The number of rotatable bonds is 3. The number of hydrogen-bond donors (Lipinski definition) is 1. The predicted octanol–water partition coefficient (Wildman–Crippen LogP) is 2.85. The van der Waals surface area contributed by atoms with Gasteiger partial charge in [0, 0.05) is 0 Å². The molecule has 0 unspecified atom stereocenters. The maximum atomic E-state index is 10.5. The third kappa shape index (κ3) is 2.48. The molecule has 5 heteroatoms. The van der Waals surface area contributed by atoms with Crippen molar-refractivity contribution < 1.29 is 14.6 Å². The summed E-state index contributed by atoms with van der Waals surface area (Å²) in [5.41, 5.74) is 0.692. The molecule has 0 saturated carbocycles. The second-order valence-corrected chi connectivity index (χ2v) is 4.27. The molecule has 0 aliphatic heterocycles. The molecule has 0 fully saturated rings. The van der Waals surface area contributed by atoms with Gasteiger partial charge in [0.05, 0.1) is 22.5 Å². The Morgan fingerprint density at radius 1 is 1.50 bits per heavy atom. The van der Waals surface area contributed by atoms with Crippen molar-refractivity contribution in [3.63, 3.8) is 0 Å². The van der Waals surface area contributed by atoms with E-state index < -0.39 is 5.97 Å². The second-order valence-electron chi connectivity index (χ2n) is 2.62.